The number of hydrogen-bond donors (Lipinski definition) is 0. The van der Waals surface area contributed by atoms with Crippen molar-refractivity contribution in [3.8, 4) is 0 Å². The van der Waals surface area contributed by atoms with Gasteiger partial charge in [0.15, 0.2) is 4.87 Å². The van der Waals surface area contributed by atoms with Gasteiger partial charge in [-0.05, 0) is 48.0 Å². The standard InChI is InChI=1S/C24H18F2N2O2S/c25-18-9-5-16(6-10-18)15-27-21-4-2-1-3-20(21)24(23(27)30)28(13-14-31-24)22(29)17-7-11-19(26)12-8-17/h1-12H,13-15H2. The van der Waals surface area contributed by atoms with Crippen molar-refractivity contribution >= 4 is 29.3 Å². The van der Waals surface area contributed by atoms with Crippen molar-refractivity contribution in [2.45, 2.75) is 11.4 Å². The van der Waals surface area contributed by atoms with Gasteiger partial charge in [-0.15, -0.1) is 11.8 Å². The Balaban J connectivity index is 1.56. The summed E-state index contributed by atoms with van der Waals surface area (Å²) in [5.74, 6) is -0.657. The Morgan fingerprint density at radius 2 is 1.58 bits per heavy atom. The molecule has 5 rings (SSSR count). The third-order valence-electron chi connectivity index (χ3n) is 5.69. The first-order valence-electron chi connectivity index (χ1n) is 9.88. The molecule has 0 bridgehead atoms. The van der Waals surface area contributed by atoms with Crippen molar-refractivity contribution < 1.29 is 18.4 Å². The normalized spacial score (nSPS) is 19.9. The van der Waals surface area contributed by atoms with Gasteiger partial charge in [0.25, 0.3) is 11.8 Å². The fourth-order valence-corrected chi connectivity index (χ4v) is 5.71. The number of thioether (sulfide) groups is 1. The maximum atomic E-state index is 13.8. The molecule has 2 amide bonds. The molecule has 31 heavy (non-hydrogen) atoms. The Morgan fingerprint density at radius 1 is 0.935 bits per heavy atom. The smallest absolute Gasteiger partial charge is 0.268 e. The molecule has 2 aliphatic rings. The average molecular weight is 436 g/mol. The summed E-state index contributed by atoms with van der Waals surface area (Å²) in [6.07, 6.45) is 0. The van der Waals surface area contributed by atoms with E-state index in [1.54, 1.807) is 21.9 Å². The van der Waals surface area contributed by atoms with Crippen molar-refractivity contribution in [1.29, 1.82) is 0 Å². The number of benzene rings is 3. The van der Waals surface area contributed by atoms with Crippen LogP contribution in [0.15, 0.2) is 72.8 Å². The minimum atomic E-state index is -1.16. The monoisotopic (exact) mass is 436 g/mol. The van der Waals surface area contributed by atoms with Gasteiger partial charge >= 0.3 is 0 Å². The van der Waals surface area contributed by atoms with Gasteiger partial charge in [0.1, 0.15) is 11.6 Å². The van der Waals surface area contributed by atoms with Gasteiger partial charge in [-0.3, -0.25) is 9.59 Å². The molecule has 0 aromatic heterocycles. The fraction of sp³-hybridized carbons (Fsp3) is 0.167. The molecule has 0 radical (unpaired) electrons. The van der Waals surface area contributed by atoms with E-state index in [4.69, 9.17) is 0 Å². The number of halogens is 2. The molecule has 4 nitrogen and oxygen atoms in total. The molecule has 0 N–H and O–H groups in total. The first-order chi connectivity index (χ1) is 15.0. The van der Waals surface area contributed by atoms with Crippen LogP contribution in [0.1, 0.15) is 21.5 Å². The zero-order chi connectivity index (χ0) is 21.6. The van der Waals surface area contributed by atoms with Crippen LogP contribution in [0.3, 0.4) is 0 Å². The molecule has 0 saturated carbocycles. The highest BCUT2D eigenvalue weighted by Gasteiger charge is 2.59. The second-order valence-electron chi connectivity index (χ2n) is 7.49. The van der Waals surface area contributed by atoms with E-state index in [0.717, 1.165) is 16.8 Å². The van der Waals surface area contributed by atoms with Crippen molar-refractivity contribution in [1.82, 2.24) is 4.90 Å². The van der Waals surface area contributed by atoms with Crippen LogP contribution >= 0.6 is 11.8 Å². The van der Waals surface area contributed by atoms with Crippen LogP contribution in [0.25, 0.3) is 0 Å². The van der Waals surface area contributed by atoms with Crippen LogP contribution in [0, 0.1) is 11.6 Å². The quantitative estimate of drug-likeness (QED) is 0.605. The highest BCUT2D eigenvalue weighted by molar-refractivity contribution is 8.01. The molecular weight excluding hydrogens is 418 g/mol. The largest absolute Gasteiger partial charge is 0.311 e. The summed E-state index contributed by atoms with van der Waals surface area (Å²) in [6, 6.07) is 18.9. The van der Waals surface area contributed by atoms with E-state index in [2.05, 4.69) is 0 Å². The molecule has 1 spiro atoms. The van der Waals surface area contributed by atoms with Gasteiger partial charge in [0, 0.05) is 23.4 Å². The van der Waals surface area contributed by atoms with Crippen LogP contribution < -0.4 is 4.90 Å². The number of carbonyl (C=O) groups is 2. The van der Waals surface area contributed by atoms with Crippen LogP contribution in [-0.2, 0) is 16.2 Å². The Hall–Kier alpha value is -3.19. The fourth-order valence-electron chi connectivity index (χ4n) is 4.25. The Bertz CT molecular complexity index is 1170. The molecule has 1 unspecified atom stereocenters. The molecule has 1 saturated heterocycles. The van der Waals surface area contributed by atoms with E-state index < -0.39 is 10.7 Å². The number of hydrogen-bond acceptors (Lipinski definition) is 3. The summed E-state index contributed by atoms with van der Waals surface area (Å²) in [6.45, 7) is 0.683. The van der Waals surface area contributed by atoms with Crippen LogP contribution in [0.5, 0.6) is 0 Å². The van der Waals surface area contributed by atoms with Gasteiger partial charge in [-0.1, -0.05) is 30.3 Å². The number of rotatable bonds is 3. The summed E-state index contributed by atoms with van der Waals surface area (Å²) in [5.41, 5.74) is 2.63. The molecule has 1 fully saturated rings. The summed E-state index contributed by atoms with van der Waals surface area (Å²) >= 11 is 1.43. The summed E-state index contributed by atoms with van der Waals surface area (Å²) in [4.78, 5) is 29.3. The van der Waals surface area contributed by atoms with Crippen molar-refractivity contribution in [3.05, 3.63) is 101 Å². The molecule has 1 atom stereocenters. The highest BCUT2D eigenvalue weighted by atomic mass is 32.2. The Labute approximate surface area is 182 Å². The lowest BCUT2D eigenvalue weighted by atomic mass is 10.0. The number of amides is 2. The zero-order valence-electron chi connectivity index (χ0n) is 16.4. The van der Waals surface area contributed by atoms with E-state index in [-0.39, 0.29) is 24.2 Å². The summed E-state index contributed by atoms with van der Waals surface area (Å²) < 4.78 is 26.7. The zero-order valence-corrected chi connectivity index (χ0v) is 17.2. The van der Waals surface area contributed by atoms with Crippen molar-refractivity contribution in [2.75, 3.05) is 17.2 Å². The van der Waals surface area contributed by atoms with Gasteiger partial charge in [-0.25, -0.2) is 8.78 Å². The summed E-state index contributed by atoms with van der Waals surface area (Å²) in [7, 11) is 0. The van der Waals surface area contributed by atoms with Crippen LogP contribution in [0.2, 0.25) is 0 Å². The number of para-hydroxylation sites is 1. The van der Waals surface area contributed by atoms with Gasteiger partial charge < -0.3 is 9.80 Å². The van der Waals surface area contributed by atoms with E-state index in [1.807, 2.05) is 24.3 Å². The lowest BCUT2D eigenvalue weighted by Crippen LogP contribution is -2.50. The average Bonchev–Trinajstić information content (AvgIpc) is 3.33. The molecule has 7 heteroatoms. The number of anilines is 1. The maximum absolute atomic E-state index is 13.8. The molecule has 3 aromatic carbocycles. The SMILES string of the molecule is O=C(c1ccc(F)cc1)N1CCSC12C(=O)N(Cc1ccc(F)cc1)c1ccccc12. The second-order valence-corrected chi connectivity index (χ2v) is 8.78. The van der Waals surface area contributed by atoms with Gasteiger partial charge in [0.2, 0.25) is 0 Å². The third-order valence-corrected chi connectivity index (χ3v) is 7.11. The molecule has 3 aromatic rings. The first kappa shape index (κ1) is 19.8. The minimum Gasteiger partial charge on any atom is -0.311 e. The van der Waals surface area contributed by atoms with E-state index in [1.165, 1.54) is 48.2 Å². The van der Waals surface area contributed by atoms with Crippen LogP contribution in [0.4, 0.5) is 14.5 Å². The van der Waals surface area contributed by atoms with Gasteiger partial charge in [0.05, 0.1) is 12.2 Å². The first-order valence-corrected chi connectivity index (χ1v) is 10.9. The number of nitrogens with zero attached hydrogens (tertiary/aromatic N) is 2. The molecule has 156 valence electrons. The van der Waals surface area contributed by atoms with Crippen LogP contribution in [-0.4, -0.2) is 29.0 Å². The summed E-state index contributed by atoms with van der Waals surface area (Å²) in [5, 5.41) is 0. The Kier molecular flexibility index (Phi) is 4.78. The molecule has 2 aliphatic heterocycles. The van der Waals surface area contributed by atoms with Crippen molar-refractivity contribution in [3.63, 3.8) is 0 Å². The predicted molar refractivity (Wildman–Crippen MR) is 116 cm³/mol. The lowest BCUT2D eigenvalue weighted by molar-refractivity contribution is -0.123. The molecule has 2 heterocycles. The number of fused-ring (bicyclic) bond motifs is 2. The van der Waals surface area contributed by atoms with Crippen molar-refractivity contribution in [2.24, 2.45) is 0 Å². The minimum absolute atomic E-state index is 0.198. The third kappa shape index (κ3) is 3.11. The van der Waals surface area contributed by atoms with E-state index in [9.17, 15) is 18.4 Å². The topological polar surface area (TPSA) is 40.6 Å². The maximum Gasteiger partial charge on any atom is 0.268 e. The van der Waals surface area contributed by atoms with Gasteiger partial charge in [-0.2, -0.15) is 0 Å². The van der Waals surface area contributed by atoms with E-state index >= 15 is 0 Å². The Morgan fingerprint density at radius 3 is 2.29 bits per heavy atom. The predicted octanol–water partition coefficient (Wildman–Crippen LogP) is 4.55. The second kappa shape index (κ2) is 7.50. The lowest BCUT2D eigenvalue weighted by Gasteiger charge is -2.33. The van der Waals surface area contributed by atoms with E-state index in [0.29, 0.717) is 17.9 Å². The highest BCUT2D eigenvalue weighted by Crippen LogP contribution is 2.54. The molecule has 0 aliphatic carbocycles. The molecular formula is C24H18F2N2O2S. The number of carbonyl (C=O) groups excluding carboxylic acids is 2.